The number of pyridine rings is 1. The lowest BCUT2D eigenvalue weighted by molar-refractivity contribution is 0.0627. The van der Waals surface area contributed by atoms with Crippen LogP contribution in [0, 0.1) is 0 Å². The minimum absolute atomic E-state index is 0.0499. The molecule has 98 valence electrons. The van der Waals surface area contributed by atoms with Crippen LogP contribution in [0.4, 0.5) is 0 Å². The molecule has 1 fully saturated rings. The number of aliphatic hydroxyl groups is 1. The monoisotopic (exact) mass is 273 g/mol. The van der Waals surface area contributed by atoms with Crippen molar-refractivity contribution in [2.45, 2.75) is 12.2 Å². The first-order valence-electron chi connectivity index (χ1n) is 5.12. The predicted octanol–water partition coefficient (Wildman–Crippen LogP) is -0.684. The number of aromatic carboxylic acids is 1. The van der Waals surface area contributed by atoms with E-state index in [9.17, 15) is 18.3 Å². The summed E-state index contributed by atoms with van der Waals surface area (Å²) in [4.78, 5) is 14.5. The quantitative estimate of drug-likeness (QED) is 0.749. The highest BCUT2D eigenvalue weighted by Gasteiger charge is 2.38. The van der Waals surface area contributed by atoms with Crippen molar-refractivity contribution >= 4 is 15.8 Å². The number of hydrogen-bond acceptors (Lipinski definition) is 6. The third-order valence-electron chi connectivity index (χ3n) is 2.52. The van der Waals surface area contributed by atoms with Crippen LogP contribution in [0.3, 0.4) is 0 Å². The summed E-state index contributed by atoms with van der Waals surface area (Å²) < 4.78 is 27.8. The second-order valence-electron chi connectivity index (χ2n) is 3.96. The van der Waals surface area contributed by atoms with Crippen molar-refractivity contribution in [3.8, 4) is 5.75 Å². The molecule has 1 aliphatic heterocycles. The van der Waals surface area contributed by atoms with Gasteiger partial charge in [-0.05, 0) is 12.1 Å². The highest BCUT2D eigenvalue weighted by molar-refractivity contribution is 7.91. The number of carbonyl (C=O) groups is 1. The van der Waals surface area contributed by atoms with Crippen LogP contribution in [0.25, 0.3) is 0 Å². The molecule has 1 aliphatic rings. The molecule has 1 aromatic heterocycles. The van der Waals surface area contributed by atoms with Crippen LogP contribution in [0.15, 0.2) is 18.3 Å². The van der Waals surface area contributed by atoms with Crippen molar-refractivity contribution in [3.63, 3.8) is 0 Å². The Bertz CT molecular complexity index is 569. The van der Waals surface area contributed by atoms with E-state index in [0.29, 0.717) is 0 Å². The number of carboxylic acids is 1. The van der Waals surface area contributed by atoms with Crippen molar-refractivity contribution in [1.29, 1.82) is 0 Å². The first kappa shape index (κ1) is 12.8. The summed E-state index contributed by atoms with van der Waals surface area (Å²) in [6.07, 6.45) is -0.827. The number of ether oxygens (including phenoxy) is 1. The van der Waals surface area contributed by atoms with Crippen molar-refractivity contribution in [2.75, 3.05) is 11.5 Å². The van der Waals surface area contributed by atoms with E-state index >= 15 is 0 Å². The summed E-state index contributed by atoms with van der Waals surface area (Å²) in [6, 6.07) is 2.84. The van der Waals surface area contributed by atoms with Gasteiger partial charge in [0.05, 0.1) is 11.5 Å². The fraction of sp³-hybridized carbons (Fsp3) is 0.400. The first-order chi connectivity index (χ1) is 8.39. The second-order valence-corrected chi connectivity index (χ2v) is 6.11. The lowest BCUT2D eigenvalue weighted by Crippen LogP contribution is -2.30. The topological polar surface area (TPSA) is 114 Å². The van der Waals surface area contributed by atoms with Crippen LogP contribution in [-0.2, 0) is 9.84 Å². The van der Waals surface area contributed by atoms with E-state index < -0.39 is 28.0 Å². The molecule has 8 heteroatoms. The third-order valence-corrected chi connectivity index (χ3v) is 4.21. The molecular weight excluding hydrogens is 262 g/mol. The molecule has 1 aromatic rings. The Morgan fingerprint density at radius 3 is 2.72 bits per heavy atom. The predicted molar refractivity (Wildman–Crippen MR) is 60.3 cm³/mol. The zero-order chi connectivity index (χ0) is 13.3. The Morgan fingerprint density at radius 2 is 2.17 bits per heavy atom. The van der Waals surface area contributed by atoms with Crippen LogP contribution in [0.1, 0.15) is 10.5 Å². The summed E-state index contributed by atoms with van der Waals surface area (Å²) in [5, 5.41) is 18.4. The number of hydrogen-bond donors (Lipinski definition) is 2. The molecular formula is C10H11NO6S. The number of aromatic nitrogens is 1. The van der Waals surface area contributed by atoms with Gasteiger partial charge in [-0.2, -0.15) is 0 Å². The van der Waals surface area contributed by atoms with Gasteiger partial charge in [0.25, 0.3) is 0 Å². The number of sulfone groups is 1. The Labute approximate surface area is 103 Å². The molecule has 0 aliphatic carbocycles. The molecule has 2 unspecified atom stereocenters. The largest absolute Gasteiger partial charge is 0.484 e. The van der Waals surface area contributed by atoms with Gasteiger partial charge in [-0.25, -0.2) is 18.2 Å². The number of nitrogens with zero attached hydrogens (tertiary/aromatic N) is 1. The van der Waals surface area contributed by atoms with Crippen LogP contribution in [0.5, 0.6) is 5.75 Å². The summed E-state index contributed by atoms with van der Waals surface area (Å²) in [7, 11) is -3.34. The molecule has 2 N–H and O–H groups in total. The van der Waals surface area contributed by atoms with Crippen molar-refractivity contribution in [2.24, 2.45) is 0 Å². The van der Waals surface area contributed by atoms with Gasteiger partial charge in [-0.1, -0.05) is 0 Å². The third kappa shape index (κ3) is 2.59. The van der Waals surface area contributed by atoms with E-state index in [1.165, 1.54) is 18.3 Å². The number of carboxylic acid groups (broad SMARTS) is 1. The molecule has 0 spiro atoms. The first-order valence-corrected chi connectivity index (χ1v) is 6.94. The fourth-order valence-corrected chi connectivity index (χ4v) is 3.38. The molecule has 2 rings (SSSR count). The van der Waals surface area contributed by atoms with Crippen LogP contribution in [-0.4, -0.2) is 53.3 Å². The normalized spacial score (nSPS) is 25.8. The number of aliphatic hydroxyl groups excluding tert-OH is 1. The van der Waals surface area contributed by atoms with E-state index in [4.69, 9.17) is 9.84 Å². The Kier molecular flexibility index (Phi) is 3.22. The fourth-order valence-electron chi connectivity index (χ4n) is 1.72. The van der Waals surface area contributed by atoms with Gasteiger partial charge >= 0.3 is 5.97 Å². The maximum atomic E-state index is 11.3. The highest BCUT2D eigenvalue weighted by atomic mass is 32.2. The molecule has 0 saturated carbocycles. The molecule has 2 heterocycles. The lowest BCUT2D eigenvalue weighted by atomic mass is 10.2. The minimum Gasteiger partial charge on any atom is -0.484 e. The van der Waals surface area contributed by atoms with Crippen molar-refractivity contribution < 1.29 is 28.2 Å². The Morgan fingerprint density at radius 1 is 1.44 bits per heavy atom. The molecule has 0 amide bonds. The standard InChI is InChI=1S/C10H11NO6S/c12-6-4-18(15,16)5-8(6)17-7-2-1-3-11-9(7)10(13)14/h1-3,6,8,12H,4-5H2,(H,13,14). The van der Waals surface area contributed by atoms with Gasteiger partial charge in [-0.3, -0.25) is 0 Å². The van der Waals surface area contributed by atoms with Gasteiger partial charge in [0.15, 0.2) is 21.3 Å². The summed E-state index contributed by atoms with van der Waals surface area (Å²) >= 11 is 0. The van der Waals surface area contributed by atoms with Gasteiger partial charge in [0.2, 0.25) is 0 Å². The smallest absolute Gasteiger partial charge is 0.358 e. The van der Waals surface area contributed by atoms with E-state index in [-0.39, 0.29) is 22.9 Å². The SMILES string of the molecule is O=C(O)c1ncccc1OC1CS(=O)(=O)CC1O. The minimum atomic E-state index is -3.34. The Hall–Kier alpha value is -1.67. The average Bonchev–Trinajstić information content (AvgIpc) is 2.52. The molecule has 18 heavy (non-hydrogen) atoms. The maximum absolute atomic E-state index is 11.3. The van der Waals surface area contributed by atoms with Crippen LogP contribution in [0.2, 0.25) is 0 Å². The second kappa shape index (κ2) is 4.54. The van der Waals surface area contributed by atoms with Gasteiger partial charge in [-0.15, -0.1) is 0 Å². The average molecular weight is 273 g/mol. The van der Waals surface area contributed by atoms with Crippen molar-refractivity contribution in [3.05, 3.63) is 24.0 Å². The molecule has 7 nitrogen and oxygen atoms in total. The molecule has 0 aromatic carbocycles. The zero-order valence-electron chi connectivity index (χ0n) is 9.18. The lowest BCUT2D eigenvalue weighted by Gasteiger charge is -2.16. The van der Waals surface area contributed by atoms with Crippen LogP contribution < -0.4 is 4.74 Å². The van der Waals surface area contributed by atoms with Crippen LogP contribution >= 0.6 is 0 Å². The van der Waals surface area contributed by atoms with E-state index in [0.717, 1.165) is 0 Å². The summed E-state index contributed by atoms with van der Waals surface area (Å²) in [5.41, 5.74) is -0.311. The van der Waals surface area contributed by atoms with E-state index in [2.05, 4.69) is 4.98 Å². The summed E-state index contributed by atoms with van der Waals surface area (Å²) in [5.74, 6) is -2.03. The maximum Gasteiger partial charge on any atom is 0.358 e. The van der Waals surface area contributed by atoms with E-state index in [1.807, 2.05) is 0 Å². The van der Waals surface area contributed by atoms with E-state index in [1.54, 1.807) is 0 Å². The molecule has 0 radical (unpaired) electrons. The number of rotatable bonds is 3. The molecule has 1 saturated heterocycles. The molecule has 0 bridgehead atoms. The summed E-state index contributed by atoms with van der Waals surface area (Å²) in [6.45, 7) is 0. The Balaban J connectivity index is 2.23. The van der Waals surface area contributed by atoms with Gasteiger partial charge < -0.3 is 14.9 Å². The van der Waals surface area contributed by atoms with Crippen molar-refractivity contribution in [1.82, 2.24) is 4.98 Å². The zero-order valence-corrected chi connectivity index (χ0v) is 10.0. The van der Waals surface area contributed by atoms with Gasteiger partial charge in [0, 0.05) is 6.20 Å². The van der Waals surface area contributed by atoms with Gasteiger partial charge in [0.1, 0.15) is 12.2 Å². The molecule has 2 atom stereocenters. The highest BCUT2D eigenvalue weighted by Crippen LogP contribution is 2.22.